The van der Waals surface area contributed by atoms with Crippen molar-refractivity contribution in [1.82, 2.24) is 0 Å². The van der Waals surface area contributed by atoms with Gasteiger partial charge in [0.1, 0.15) is 11.6 Å². The first kappa shape index (κ1) is 16.1. The molecule has 0 fully saturated rings. The fourth-order valence-electron chi connectivity index (χ4n) is 2.84. The van der Waals surface area contributed by atoms with Gasteiger partial charge in [-0.3, -0.25) is 4.79 Å². The second kappa shape index (κ2) is 6.23. The molecule has 0 aliphatic heterocycles. The van der Waals surface area contributed by atoms with E-state index in [2.05, 4.69) is 4.74 Å². The molecule has 5 heteroatoms. The van der Waals surface area contributed by atoms with Crippen LogP contribution in [0.1, 0.15) is 18.4 Å². The van der Waals surface area contributed by atoms with E-state index in [1.165, 1.54) is 19.1 Å². The van der Waals surface area contributed by atoms with E-state index in [9.17, 15) is 19.1 Å². The number of ketones is 1. The lowest BCUT2D eigenvalue weighted by Crippen LogP contribution is -2.53. The molecule has 1 aliphatic rings. The maximum atomic E-state index is 14.0. The van der Waals surface area contributed by atoms with Gasteiger partial charge < -0.3 is 9.84 Å². The Morgan fingerprint density at radius 2 is 1.95 bits per heavy atom. The number of esters is 1. The Morgan fingerprint density at radius 3 is 2.41 bits per heavy atom. The third-order valence-electron chi connectivity index (χ3n) is 3.82. The molecule has 0 aromatic heterocycles. The van der Waals surface area contributed by atoms with E-state index >= 15 is 0 Å². The molecule has 0 spiro atoms. The topological polar surface area (TPSA) is 63.6 Å². The van der Waals surface area contributed by atoms with Gasteiger partial charge in [-0.25, -0.2) is 9.18 Å². The molecule has 0 heterocycles. The van der Waals surface area contributed by atoms with Crippen molar-refractivity contribution in [3.05, 3.63) is 60.0 Å². The summed E-state index contributed by atoms with van der Waals surface area (Å²) in [7, 11) is 1.09. The van der Waals surface area contributed by atoms with Crippen molar-refractivity contribution in [2.24, 2.45) is 5.92 Å². The van der Waals surface area contributed by atoms with Gasteiger partial charge in [-0.1, -0.05) is 42.5 Å². The van der Waals surface area contributed by atoms with E-state index in [4.69, 9.17) is 0 Å². The summed E-state index contributed by atoms with van der Waals surface area (Å²) < 4.78 is 18.7. The fraction of sp³-hybridized carbons (Fsp3) is 0.294. The number of hydrogen-bond donors (Lipinski definition) is 1. The molecular formula is C17H17FO4. The monoisotopic (exact) mass is 304 g/mol. The van der Waals surface area contributed by atoms with Gasteiger partial charge in [0, 0.05) is 0 Å². The average Bonchev–Trinajstić information content (AvgIpc) is 2.93. The van der Waals surface area contributed by atoms with Crippen LogP contribution >= 0.6 is 0 Å². The van der Waals surface area contributed by atoms with E-state index in [-0.39, 0.29) is 0 Å². The molecule has 1 N–H and O–H groups in total. The highest BCUT2D eigenvalue weighted by atomic mass is 19.1. The maximum Gasteiger partial charge on any atom is 0.340 e. The average molecular weight is 304 g/mol. The summed E-state index contributed by atoms with van der Waals surface area (Å²) >= 11 is 0. The van der Waals surface area contributed by atoms with E-state index < -0.39 is 35.0 Å². The highest BCUT2D eigenvalue weighted by molar-refractivity contribution is 5.94. The molecule has 2 rings (SSSR count). The van der Waals surface area contributed by atoms with Crippen LogP contribution in [0.15, 0.2) is 54.4 Å². The highest BCUT2D eigenvalue weighted by Crippen LogP contribution is 2.42. The number of aliphatic hydroxyl groups is 1. The molecular weight excluding hydrogens is 287 g/mol. The van der Waals surface area contributed by atoms with Gasteiger partial charge in [-0.15, -0.1) is 0 Å². The number of methoxy groups -OCH3 is 1. The van der Waals surface area contributed by atoms with Crippen LogP contribution in [0, 0.1) is 5.92 Å². The molecule has 1 aromatic carbocycles. The largest absolute Gasteiger partial charge is 0.467 e. The number of halogens is 1. The second-order valence-electron chi connectivity index (χ2n) is 5.19. The van der Waals surface area contributed by atoms with Crippen molar-refractivity contribution in [3.63, 3.8) is 0 Å². The number of hydrogen-bond acceptors (Lipinski definition) is 4. The minimum atomic E-state index is -2.34. The Bertz CT molecular complexity index is 635. The van der Waals surface area contributed by atoms with Gasteiger partial charge in [0.15, 0.2) is 5.60 Å². The molecule has 116 valence electrons. The van der Waals surface area contributed by atoms with Gasteiger partial charge in [-0.2, -0.15) is 0 Å². The Kier molecular flexibility index (Phi) is 4.56. The molecule has 22 heavy (non-hydrogen) atoms. The van der Waals surface area contributed by atoms with Gasteiger partial charge in [-0.05, 0) is 18.6 Å². The molecule has 0 saturated heterocycles. The number of rotatable bonds is 5. The standard InChI is InChI=1S/C17H17FO4/c1-11(19)15(12-7-4-3-5-8-12)17(21,16(20)22-2)13-9-6-10-14(13)18/h3-10,13,15,21H,1-2H3. The smallest absolute Gasteiger partial charge is 0.340 e. The maximum absolute atomic E-state index is 14.0. The predicted octanol–water partition coefficient (Wildman–Crippen LogP) is 2.30. The number of ether oxygens (including phenoxy) is 1. The minimum absolute atomic E-state index is 0.427. The number of carbonyl (C=O) groups excluding carboxylic acids is 2. The van der Waals surface area contributed by atoms with Crippen LogP contribution in [0.3, 0.4) is 0 Å². The molecule has 3 atom stereocenters. The first-order valence-corrected chi connectivity index (χ1v) is 6.83. The van der Waals surface area contributed by atoms with Crippen LogP contribution in [-0.4, -0.2) is 29.6 Å². The SMILES string of the molecule is COC(=O)C(O)(C1C=CC=C1F)C(C(C)=O)c1ccccc1. The molecule has 0 saturated carbocycles. The summed E-state index contributed by atoms with van der Waals surface area (Å²) in [6.45, 7) is 1.26. The van der Waals surface area contributed by atoms with Crippen molar-refractivity contribution in [1.29, 1.82) is 0 Å². The fourth-order valence-corrected chi connectivity index (χ4v) is 2.84. The molecule has 0 radical (unpaired) electrons. The Morgan fingerprint density at radius 1 is 1.32 bits per heavy atom. The summed E-state index contributed by atoms with van der Waals surface area (Å²) in [5.74, 6) is -4.67. The normalized spacial score (nSPS) is 20.9. The Hall–Kier alpha value is -2.27. The lowest BCUT2D eigenvalue weighted by Gasteiger charge is -2.36. The summed E-state index contributed by atoms with van der Waals surface area (Å²) in [6.07, 6.45) is 3.90. The number of allylic oxidation sites excluding steroid dienone is 2. The van der Waals surface area contributed by atoms with Crippen molar-refractivity contribution < 1.29 is 23.8 Å². The lowest BCUT2D eigenvalue weighted by molar-refractivity contribution is -0.171. The zero-order valence-electron chi connectivity index (χ0n) is 12.3. The summed E-state index contributed by atoms with van der Waals surface area (Å²) in [5.41, 5.74) is -1.91. The zero-order valence-corrected chi connectivity index (χ0v) is 12.3. The molecule has 0 bridgehead atoms. The number of carbonyl (C=O) groups is 2. The third-order valence-corrected chi connectivity index (χ3v) is 3.82. The van der Waals surface area contributed by atoms with E-state index in [0.29, 0.717) is 5.56 Å². The first-order chi connectivity index (χ1) is 10.4. The zero-order chi connectivity index (χ0) is 16.3. The van der Waals surface area contributed by atoms with Gasteiger partial charge in [0.25, 0.3) is 0 Å². The summed E-state index contributed by atoms with van der Waals surface area (Å²) in [5, 5.41) is 11.0. The van der Waals surface area contributed by atoms with Gasteiger partial charge in [0.05, 0.1) is 18.9 Å². The Labute approximate surface area is 127 Å². The van der Waals surface area contributed by atoms with Crippen LogP contribution in [0.25, 0.3) is 0 Å². The van der Waals surface area contributed by atoms with Crippen LogP contribution in [0.5, 0.6) is 0 Å². The van der Waals surface area contributed by atoms with Gasteiger partial charge >= 0.3 is 5.97 Å². The minimum Gasteiger partial charge on any atom is -0.467 e. The second-order valence-corrected chi connectivity index (χ2v) is 5.19. The van der Waals surface area contributed by atoms with Crippen molar-refractivity contribution >= 4 is 11.8 Å². The third kappa shape index (κ3) is 2.60. The van der Waals surface area contributed by atoms with E-state index in [1.807, 2.05) is 0 Å². The Balaban J connectivity index is 2.60. The highest BCUT2D eigenvalue weighted by Gasteiger charge is 2.55. The number of Topliss-reactive ketones (excluding diaryl/α,β-unsaturated/α-hetero) is 1. The number of benzene rings is 1. The quantitative estimate of drug-likeness (QED) is 0.848. The van der Waals surface area contributed by atoms with Gasteiger partial charge in [0.2, 0.25) is 0 Å². The predicted molar refractivity (Wildman–Crippen MR) is 78.7 cm³/mol. The van der Waals surface area contributed by atoms with Crippen LogP contribution in [-0.2, 0) is 14.3 Å². The van der Waals surface area contributed by atoms with E-state index in [1.54, 1.807) is 30.3 Å². The molecule has 0 amide bonds. The molecule has 4 nitrogen and oxygen atoms in total. The van der Waals surface area contributed by atoms with Crippen molar-refractivity contribution in [3.8, 4) is 0 Å². The van der Waals surface area contributed by atoms with Crippen LogP contribution < -0.4 is 0 Å². The van der Waals surface area contributed by atoms with Crippen molar-refractivity contribution in [2.75, 3.05) is 7.11 Å². The summed E-state index contributed by atoms with van der Waals surface area (Å²) in [6, 6.07) is 8.33. The van der Waals surface area contributed by atoms with E-state index in [0.717, 1.165) is 13.2 Å². The molecule has 1 aliphatic carbocycles. The van der Waals surface area contributed by atoms with Crippen molar-refractivity contribution in [2.45, 2.75) is 18.4 Å². The van der Waals surface area contributed by atoms with Crippen LogP contribution in [0.4, 0.5) is 4.39 Å². The van der Waals surface area contributed by atoms with Crippen LogP contribution in [0.2, 0.25) is 0 Å². The molecule has 1 aromatic rings. The summed E-state index contributed by atoms with van der Waals surface area (Å²) in [4.78, 5) is 24.4. The molecule has 3 unspecified atom stereocenters. The lowest BCUT2D eigenvalue weighted by atomic mass is 9.72. The first-order valence-electron chi connectivity index (χ1n) is 6.83.